The molecule has 1 unspecified atom stereocenters. The minimum Gasteiger partial charge on any atom is -0.396 e. The highest BCUT2D eigenvalue weighted by Crippen LogP contribution is 2.41. The summed E-state index contributed by atoms with van der Waals surface area (Å²) < 4.78 is 34.8. The number of aliphatic imine (C=N–C) groups is 1. The zero-order valence-electron chi connectivity index (χ0n) is 18.9. The van der Waals surface area contributed by atoms with Crippen LogP contribution in [0.15, 0.2) is 20.0 Å². The SMILES string of the molecule is CC[Si](CC)(CC)c1cc(Br)nc(C2[C@@H](C)N=CC(C)(C)[S@]2(=O)=NCCCO)c1F. The first-order chi connectivity index (χ1) is 14.0. The lowest BCUT2D eigenvalue weighted by Crippen LogP contribution is -2.50. The van der Waals surface area contributed by atoms with Gasteiger partial charge in [-0.25, -0.2) is 17.9 Å². The average molecular weight is 521 g/mol. The summed E-state index contributed by atoms with van der Waals surface area (Å²) in [7, 11) is -4.99. The third kappa shape index (κ3) is 4.45. The molecular weight excluding hydrogens is 485 g/mol. The van der Waals surface area contributed by atoms with E-state index in [2.05, 4.69) is 51.0 Å². The summed E-state index contributed by atoms with van der Waals surface area (Å²) in [4.78, 5) is 9.08. The number of halogens is 2. The van der Waals surface area contributed by atoms with Crippen molar-refractivity contribution in [3.8, 4) is 0 Å². The fourth-order valence-electron chi connectivity index (χ4n) is 4.35. The quantitative estimate of drug-likeness (QED) is 0.303. The van der Waals surface area contributed by atoms with Gasteiger partial charge in [0.15, 0.2) is 0 Å². The predicted octanol–water partition coefficient (Wildman–Crippen LogP) is 4.84. The van der Waals surface area contributed by atoms with Crippen LogP contribution in [0.5, 0.6) is 0 Å². The maximum Gasteiger partial charge on any atom is 0.145 e. The van der Waals surface area contributed by atoms with E-state index < -0.39 is 33.8 Å². The Labute approximate surface area is 190 Å². The third-order valence-electron chi connectivity index (χ3n) is 6.58. The molecule has 0 amide bonds. The Hall–Kier alpha value is -0.643. The molecule has 3 atom stereocenters. The van der Waals surface area contributed by atoms with Gasteiger partial charge in [0.1, 0.15) is 15.7 Å². The largest absolute Gasteiger partial charge is 0.396 e. The predicted molar refractivity (Wildman–Crippen MR) is 131 cm³/mol. The van der Waals surface area contributed by atoms with Crippen LogP contribution in [-0.2, 0) is 9.73 Å². The van der Waals surface area contributed by atoms with Gasteiger partial charge in [0, 0.05) is 12.8 Å². The molecule has 0 fully saturated rings. The van der Waals surface area contributed by atoms with Crippen molar-refractivity contribution in [3.05, 3.63) is 22.2 Å². The van der Waals surface area contributed by atoms with E-state index in [1.165, 1.54) is 0 Å². The summed E-state index contributed by atoms with van der Waals surface area (Å²) in [6, 6.07) is 4.23. The summed E-state index contributed by atoms with van der Waals surface area (Å²) in [6.07, 6.45) is 2.11. The average Bonchev–Trinajstić information content (AvgIpc) is 2.70. The smallest absolute Gasteiger partial charge is 0.145 e. The molecule has 1 aliphatic rings. The Balaban J connectivity index is 2.82. The number of nitrogens with zero attached hydrogens (tertiary/aromatic N) is 3. The molecule has 0 saturated carbocycles. The number of aromatic nitrogens is 1. The number of rotatable bonds is 8. The highest BCUT2D eigenvalue weighted by atomic mass is 79.9. The van der Waals surface area contributed by atoms with E-state index in [1.54, 1.807) is 6.21 Å². The zero-order valence-corrected chi connectivity index (χ0v) is 22.3. The second-order valence-corrected chi connectivity index (χ2v) is 17.6. The molecule has 1 aliphatic heterocycles. The lowest BCUT2D eigenvalue weighted by molar-refractivity contribution is 0.291. The van der Waals surface area contributed by atoms with Crippen molar-refractivity contribution in [1.29, 1.82) is 0 Å². The second kappa shape index (κ2) is 9.88. The minimum atomic E-state index is -2.95. The van der Waals surface area contributed by atoms with Crippen LogP contribution < -0.4 is 5.19 Å². The molecule has 0 bridgehead atoms. The monoisotopic (exact) mass is 519 g/mol. The van der Waals surface area contributed by atoms with E-state index in [9.17, 15) is 9.32 Å². The first-order valence-electron chi connectivity index (χ1n) is 10.8. The fourth-order valence-corrected chi connectivity index (χ4v) is 11.5. The molecule has 0 radical (unpaired) electrons. The van der Waals surface area contributed by atoms with E-state index in [-0.39, 0.29) is 24.7 Å². The van der Waals surface area contributed by atoms with Gasteiger partial charge in [0.05, 0.1) is 40.8 Å². The number of aliphatic hydroxyl groups excluding tert-OH is 1. The van der Waals surface area contributed by atoms with Gasteiger partial charge in [-0.15, -0.1) is 0 Å². The molecule has 0 aromatic carbocycles. The van der Waals surface area contributed by atoms with Gasteiger partial charge >= 0.3 is 0 Å². The molecular formula is C21H35BrFN3O2SSi. The first-order valence-corrected chi connectivity index (χ1v) is 15.8. The Morgan fingerprint density at radius 2 is 1.90 bits per heavy atom. The molecule has 0 spiro atoms. The number of aliphatic hydroxyl groups is 1. The van der Waals surface area contributed by atoms with Crippen LogP contribution in [0.25, 0.3) is 0 Å². The van der Waals surface area contributed by atoms with Crippen LogP contribution in [0.4, 0.5) is 4.39 Å². The van der Waals surface area contributed by atoms with Crippen molar-refractivity contribution in [1.82, 2.24) is 4.98 Å². The van der Waals surface area contributed by atoms with Crippen LogP contribution >= 0.6 is 15.9 Å². The van der Waals surface area contributed by atoms with Crippen LogP contribution in [-0.4, -0.2) is 52.5 Å². The van der Waals surface area contributed by atoms with Crippen LogP contribution in [0, 0.1) is 5.82 Å². The van der Waals surface area contributed by atoms with E-state index in [1.807, 2.05) is 26.8 Å². The summed E-state index contributed by atoms with van der Waals surface area (Å²) in [5, 5.41) is 9.19. The number of hydrogen-bond donors (Lipinski definition) is 1. The summed E-state index contributed by atoms with van der Waals surface area (Å²) >= 11 is 3.49. The van der Waals surface area contributed by atoms with Crippen molar-refractivity contribution in [2.24, 2.45) is 9.36 Å². The van der Waals surface area contributed by atoms with Crippen molar-refractivity contribution in [3.63, 3.8) is 0 Å². The molecule has 2 rings (SSSR count). The molecule has 30 heavy (non-hydrogen) atoms. The lowest BCUT2D eigenvalue weighted by atomic mass is 10.1. The van der Waals surface area contributed by atoms with Gasteiger partial charge in [-0.05, 0) is 54.4 Å². The Kier molecular flexibility index (Phi) is 8.43. The molecule has 9 heteroatoms. The third-order valence-corrected chi connectivity index (χ3v) is 16.0. The van der Waals surface area contributed by atoms with E-state index in [0.29, 0.717) is 11.0 Å². The molecule has 1 aromatic rings. The summed E-state index contributed by atoms with van der Waals surface area (Å²) in [5.41, 5.74) is 0.210. The topological polar surface area (TPSA) is 74.9 Å². The first kappa shape index (κ1) is 25.6. The second-order valence-electron chi connectivity index (χ2n) is 8.57. The van der Waals surface area contributed by atoms with E-state index in [0.717, 1.165) is 23.3 Å². The normalized spacial score (nSPS) is 26.0. The van der Waals surface area contributed by atoms with Crippen LogP contribution in [0.2, 0.25) is 18.1 Å². The highest BCUT2D eigenvalue weighted by molar-refractivity contribution is 9.10. The van der Waals surface area contributed by atoms with Gasteiger partial charge in [-0.1, -0.05) is 38.9 Å². The van der Waals surface area contributed by atoms with Crippen molar-refractivity contribution in [2.75, 3.05) is 13.2 Å². The lowest BCUT2D eigenvalue weighted by Gasteiger charge is -2.38. The van der Waals surface area contributed by atoms with E-state index in [4.69, 9.17) is 0 Å². The molecule has 1 N–H and O–H groups in total. The van der Waals surface area contributed by atoms with Crippen molar-refractivity contribution < 1.29 is 13.7 Å². The van der Waals surface area contributed by atoms with Gasteiger partial charge in [0.25, 0.3) is 0 Å². The van der Waals surface area contributed by atoms with Gasteiger partial charge in [-0.2, -0.15) is 0 Å². The fraction of sp³-hybridized carbons (Fsp3) is 0.714. The number of hydrogen-bond acceptors (Lipinski definition) is 5. The highest BCUT2D eigenvalue weighted by Gasteiger charge is 2.47. The van der Waals surface area contributed by atoms with Crippen LogP contribution in [0.1, 0.15) is 58.9 Å². The molecule has 5 nitrogen and oxygen atoms in total. The molecule has 1 aromatic heterocycles. The Bertz CT molecular complexity index is 903. The Morgan fingerprint density at radius 3 is 2.43 bits per heavy atom. The van der Waals surface area contributed by atoms with Gasteiger partial charge in [0.2, 0.25) is 0 Å². The molecule has 2 heterocycles. The summed E-state index contributed by atoms with van der Waals surface area (Å²) in [5.74, 6) is -0.328. The van der Waals surface area contributed by atoms with Crippen molar-refractivity contribution in [2.45, 2.75) is 82.1 Å². The molecule has 0 aliphatic carbocycles. The zero-order chi connectivity index (χ0) is 22.7. The standard InChI is InChI=1S/C21H35BrFN3O2SSi/c1-7-30(8-2,9-3)16-13-17(22)26-19(18(16)23)20-15(4)24-14-21(5,6)29(20,28)25-11-10-12-27/h13-15,20,27H,7-12H2,1-6H3/t15-,20?,29+/m1/s1. The molecule has 170 valence electrons. The van der Waals surface area contributed by atoms with Crippen LogP contribution in [0.3, 0.4) is 0 Å². The maximum atomic E-state index is 16.1. The van der Waals surface area contributed by atoms with Gasteiger partial charge in [-0.3, -0.25) is 4.99 Å². The van der Waals surface area contributed by atoms with Crippen molar-refractivity contribution >= 4 is 45.1 Å². The molecule has 0 saturated heterocycles. The van der Waals surface area contributed by atoms with Gasteiger partial charge < -0.3 is 5.11 Å². The summed E-state index contributed by atoms with van der Waals surface area (Å²) in [6.45, 7) is 12.2. The Morgan fingerprint density at radius 1 is 1.30 bits per heavy atom. The van der Waals surface area contributed by atoms with E-state index >= 15 is 4.39 Å². The number of pyridine rings is 1. The minimum absolute atomic E-state index is 0.0287. The maximum absolute atomic E-state index is 16.1.